The van der Waals surface area contributed by atoms with Crippen LogP contribution in [0, 0.1) is 5.41 Å². The van der Waals surface area contributed by atoms with Crippen molar-refractivity contribution in [1.82, 2.24) is 0 Å². The van der Waals surface area contributed by atoms with E-state index in [0.717, 1.165) is 15.8 Å². The summed E-state index contributed by atoms with van der Waals surface area (Å²) in [5, 5.41) is 7.69. The second kappa shape index (κ2) is 5.23. The van der Waals surface area contributed by atoms with Crippen LogP contribution < -0.4 is 10.6 Å². The van der Waals surface area contributed by atoms with Gasteiger partial charge in [0.1, 0.15) is 5.84 Å². The van der Waals surface area contributed by atoms with Crippen LogP contribution in [-0.4, -0.2) is 12.9 Å². The zero-order valence-electron chi connectivity index (χ0n) is 10.0. The summed E-state index contributed by atoms with van der Waals surface area (Å²) >= 11 is 3.44. The average molecular weight is 304 g/mol. The summed E-state index contributed by atoms with van der Waals surface area (Å²) in [6.07, 6.45) is 0. The lowest BCUT2D eigenvalue weighted by Gasteiger charge is -2.22. The molecule has 0 aliphatic carbocycles. The normalized spacial score (nSPS) is 10.1. The molecule has 0 amide bonds. The molecule has 0 fully saturated rings. The maximum Gasteiger partial charge on any atom is 0.126 e. The van der Waals surface area contributed by atoms with Crippen molar-refractivity contribution in [3.05, 3.63) is 58.6 Å². The Morgan fingerprint density at radius 3 is 2.39 bits per heavy atom. The maximum absolute atomic E-state index is 7.69. The fourth-order valence-corrected chi connectivity index (χ4v) is 2.42. The molecule has 3 N–H and O–H groups in total. The van der Waals surface area contributed by atoms with Crippen LogP contribution in [0.5, 0.6) is 0 Å². The Labute approximate surface area is 115 Å². The zero-order chi connectivity index (χ0) is 13.1. The Kier molecular flexibility index (Phi) is 3.67. The molecule has 2 aromatic rings. The third-order valence-electron chi connectivity index (χ3n) is 2.77. The number of nitrogens with zero attached hydrogens (tertiary/aromatic N) is 1. The summed E-state index contributed by atoms with van der Waals surface area (Å²) < 4.78 is 0.829. The molecule has 0 aromatic heterocycles. The Morgan fingerprint density at radius 1 is 1.11 bits per heavy atom. The fraction of sp³-hybridized carbons (Fsp3) is 0.0714. The van der Waals surface area contributed by atoms with Crippen LogP contribution in [0.25, 0.3) is 0 Å². The molecule has 0 spiro atoms. The van der Waals surface area contributed by atoms with Crippen LogP contribution in [0.3, 0.4) is 0 Å². The molecule has 2 aromatic carbocycles. The van der Waals surface area contributed by atoms with Crippen molar-refractivity contribution in [2.45, 2.75) is 0 Å². The Bertz CT molecular complexity index is 567. The Balaban J connectivity index is 2.52. The van der Waals surface area contributed by atoms with Gasteiger partial charge in [0.15, 0.2) is 0 Å². The highest BCUT2D eigenvalue weighted by Gasteiger charge is 2.13. The number of hydrogen-bond donors (Lipinski definition) is 2. The molecule has 3 nitrogen and oxygen atoms in total. The first kappa shape index (κ1) is 12.6. The van der Waals surface area contributed by atoms with Crippen molar-refractivity contribution in [1.29, 1.82) is 5.41 Å². The van der Waals surface area contributed by atoms with Crippen molar-refractivity contribution in [3.8, 4) is 0 Å². The molecule has 0 heterocycles. The van der Waals surface area contributed by atoms with Crippen molar-refractivity contribution < 1.29 is 0 Å². The average Bonchev–Trinajstić information content (AvgIpc) is 2.38. The van der Waals surface area contributed by atoms with E-state index in [1.165, 1.54) is 0 Å². The largest absolute Gasteiger partial charge is 0.384 e. The quantitative estimate of drug-likeness (QED) is 0.673. The molecule has 0 atom stereocenters. The van der Waals surface area contributed by atoms with E-state index >= 15 is 0 Å². The van der Waals surface area contributed by atoms with Gasteiger partial charge in [-0.25, -0.2) is 0 Å². The SMILES string of the molecule is CN(c1ccccc1)c1cccc(Br)c1C(=N)N. The number of anilines is 2. The number of nitrogen functional groups attached to an aromatic ring is 1. The van der Waals surface area contributed by atoms with Crippen molar-refractivity contribution in [2.75, 3.05) is 11.9 Å². The van der Waals surface area contributed by atoms with Gasteiger partial charge < -0.3 is 10.6 Å². The second-order valence-corrected chi connectivity index (χ2v) is 4.80. The van der Waals surface area contributed by atoms with Gasteiger partial charge in [0, 0.05) is 17.2 Å². The lowest BCUT2D eigenvalue weighted by Crippen LogP contribution is -2.19. The first-order chi connectivity index (χ1) is 8.61. The summed E-state index contributed by atoms with van der Waals surface area (Å²) in [5.41, 5.74) is 8.33. The topological polar surface area (TPSA) is 53.1 Å². The molecular weight excluding hydrogens is 290 g/mol. The van der Waals surface area contributed by atoms with E-state index in [4.69, 9.17) is 11.1 Å². The summed E-state index contributed by atoms with van der Waals surface area (Å²) in [6, 6.07) is 15.8. The second-order valence-electron chi connectivity index (χ2n) is 3.94. The van der Waals surface area contributed by atoms with E-state index in [-0.39, 0.29) is 5.84 Å². The summed E-state index contributed by atoms with van der Waals surface area (Å²) in [4.78, 5) is 2.02. The number of nitrogens with two attached hydrogens (primary N) is 1. The van der Waals surface area contributed by atoms with Gasteiger partial charge in [0.05, 0.1) is 11.3 Å². The molecule has 0 saturated heterocycles. The highest BCUT2D eigenvalue weighted by Crippen LogP contribution is 2.31. The summed E-state index contributed by atoms with van der Waals surface area (Å²) in [6.45, 7) is 0. The number of halogens is 1. The van der Waals surface area contributed by atoms with Crippen LogP contribution in [0.1, 0.15) is 5.56 Å². The minimum atomic E-state index is 0.0558. The van der Waals surface area contributed by atoms with Gasteiger partial charge >= 0.3 is 0 Å². The third-order valence-corrected chi connectivity index (χ3v) is 3.43. The number of nitrogens with one attached hydrogen (secondary N) is 1. The molecule has 0 aliphatic rings. The van der Waals surface area contributed by atoms with Crippen molar-refractivity contribution in [2.24, 2.45) is 5.73 Å². The molecule has 4 heteroatoms. The number of benzene rings is 2. The fourth-order valence-electron chi connectivity index (χ4n) is 1.85. The van der Waals surface area contributed by atoms with Gasteiger partial charge in [0.2, 0.25) is 0 Å². The van der Waals surface area contributed by atoms with E-state index in [0.29, 0.717) is 5.56 Å². The molecule has 2 rings (SSSR count). The zero-order valence-corrected chi connectivity index (χ0v) is 11.6. The number of amidine groups is 1. The van der Waals surface area contributed by atoms with Gasteiger partial charge in [0.25, 0.3) is 0 Å². The van der Waals surface area contributed by atoms with E-state index in [9.17, 15) is 0 Å². The van der Waals surface area contributed by atoms with Crippen LogP contribution in [-0.2, 0) is 0 Å². The van der Waals surface area contributed by atoms with Crippen LogP contribution in [0.15, 0.2) is 53.0 Å². The highest BCUT2D eigenvalue weighted by atomic mass is 79.9. The van der Waals surface area contributed by atoms with E-state index in [1.807, 2.05) is 60.5 Å². The van der Waals surface area contributed by atoms with Crippen LogP contribution in [0.4, 0.5) is 11.4 Å². The predicted octanol–water partition coefficient (Wildman–Crippen LogP) is 3.50. The molecular formula is C14H14BrN3. The van der Waals surface area contributed by atoms with Gasteiger partial charge in [-0.1, -0.05) is 24.3 Å². The maximum atomic E-state index is 7.69. The van der Waals surface area contributed by atoms with Crippen molar-refractivity contribution >= 4 is 33.1 Å². The molecule has 0 aliphatic heterocycles. The van der Waals surface area contributed by atoms with Gasteiger partial charge in [-0.3, -0.25) is 5.41 Å². The molecule has 18 heavy (non-hydrogen) atoms. The Morgan fingerprint density at radius 2 is 1.78 bits per heavy atom. The summed E-state index contributed by atoms with van der Waals surface area (Å²) in [7, 11) is 1.96. The van der Waals surface area contributed by atoms with E-state index in [1.54, 1.807) is 0 Å². The first-order valence-electron chi connectivity index (χ1n) is 5.53. The van der Waals surface area contributed by atoms with Gasteiger partial charge in [-0.15, -0.1) is 0 Å². The molecule has 92 valence electrons. The monoisotopic (exact) mass is 303 g/mol. The van der Waals surface area contributed by atoms with Gasteiger partial charge in [-0.05, 0) is 40.2 Å². The van der Waals surface area contributed by atoms with Crippen molar-refractivity contribution in [3.63, 3.8) is 0 Å². The predicted molar refractivity (Wildman–Crippen MR) is 79.7 cm³/mol. The Hall–Kier alpha value is -1.81. The molecule has 0 unspecified atom stereocenters. The molecule has 0 radical (unpaired) electrons. The molecule has 0 saturated carbocycles. The van der Waals surface area contributed by atoms with E-state index in [2.05, 4.69) is 15.9 Å². The standard InChI is InChI=1S/C14H14BrN3/c1-18(10-6-3-2-4-7-10)12-9-5-8-11(15)13(12)14(16)17/h2-9H,1H3,(H3,16,17). The number of para-hydroxylation sites is 1. The van der Waals surface area contributed by atoms with Gasteiger partial charge in [-0.2, -0.15) is 0 Å². The van der Waals surface area contributed by atoms with Crippen LogP contribution >= 0.6 is 15.9 Å². The molecule has 0 bridgehead atoms. The number of rotatable bonds is 3. The number of hydrogen-bond acceptors (Lipinski definition) is 2. The summed E-state index contributed by atoms with van der Waals surface area (Å²) in [5.74, 6) is 0.0558. The van der Waals surface area contributed by atoms with Crippen LogP contribution in [0.2, 0.25) is 0 Å². The lowest BCUT2D eigenvalue weighted by atomic mass is 10.1. The third kappa shape index (κ3) is 2.38. The lowest BCUT2D eigenvalue weighted by molar-refractivity contribution is 1.19. The highest BCUT2D eigenvalue weighted by molar-refractivity contribution is 9.10. The first-order valence-corrected chi connectivity index (χ1v) is 6.32. The minimum absolute atomic E-state index is 0.0558. The smallest absolute Gasteiger partial charge is 0.126 e. The van der Waals surface area contributed by atoms with E-state index < -0.39 is 0 Å². The minimum Gasteiger partial charge on any atom is -0.384 e.